The van der Waals surface area contributed by atoms with Gasteiger partial charge in [0, 0.05) is 33.9 Å². The normalized spacial score (nSPS) is 12.2. The van der Waals surface area contributed by atoms with Gasteiger partial charge in [0.05, 0.1) is 0 Å². The third-order valence-corrected chi connectivity index (χ3v) is 6.19. The van der Waals surface area contributed by atoms with Crippen LogP contribution in [-0.4, -0.2) is 5.78 Å². The number of anilines is 4. The number of para-hydroxylation sites is 2. The Hall–Kier alpha value is -4.37. The van der Waals surface area contributed by atoms with Gasteiger partial charge in [0.1, 0.15) is 0 Å². The van der Waals surface area contributed by atoms with Crippen molar-refractivity contribution in [3.05, 3.63) is 131 Å². The van der Waals surface area contributed by atoms with Gasteiger partial charge in [-0.15, -0.1) is 0 Å². The topological polar surface area (TPSA) is 41.1 Å². The SMILES string of the molecule is O=C1c2ccc(Nc3ccccc3)cc2Cc2ccc3cc(Nc4ccccc4)ccc3c21. The van der Waals surface area contributed by atoms with Gasteiger partial charge in [-0.3, -0.25) is 4.79 Å². The van der Waals surface area contributed by atoms with E-state index < -0.39 is 0 Å². The fourth-order valence-electron chi connectivity index (χ4n) is 4.62. The first-order valence-electron chi connectivity index (χ1n) is 11.1. The van der Waals surface area contributed by atoms with Gasteiger partial charge >= 0.3 is 0 Å². The van der Waals surface area contributed by atoms with Gasteiger partial charge in [0.2, 0.25) is 0 Å². The van der Waals surface area contributed by atoms with E-state index in [4.69, 9.17) is 0 Å². The molecule has 0 radical (unpaired) electrons. The summed E-state index contributed by atoms with van der Waals surface area (Å²) >= 11 is 0. The van der Waals surface area contributed by atoms with Crippen molar-refractivity contribution in [3.8, 4) is 0 Å². The lowest BCUT2D eigenvalue weighted by molar-refractivity contribution is 0.103. The monoisotopic (exact) mass is 426 g/mol. The predicted octanol–water partition coefficient (Wildman–Crippen LogP) is 7.46. The Labute approximate surface area is 192 Å². The Morgan fingerprint density at radius 1 is 0.545 bits per heavy atom. The molecule has 0 aliphatic heterocycles. The van der Waals surface area contributed by atoms with E-state index in [-0.39, 0.29) is 5.78 Å². The van der Waals surface area contributed by atoms with Crippen LogP contribution in [0.1, 0.15) is 27.0 Å². The number of carbonyl (C=O) groups excluding carboxylic acids is 1. The molecule has 0 atom stereocenters. The predicted molar refractivity (Wildman–Crippen MR) is 136 cm³/mol. The molecule has 2 N–H and O–H groups in total. The van der Waals surface area contributed by atoms with Crippen molar-refractivity contribution < 1.29 is 4.79 Å². The maximum atomic E-state index is 13.5. The summed E-state index contributed by atoms with van der Waals surface area (Å²) in [6.45, 7) is 0. The lowest BCUT2D eigenvalue weighted by Crippen LogP contribution is -2.16. The summed E-state index contributed by atoms with van der Waals surface area (Å²) in [5, 5.41) is 8.94. The van der Waals surface area contributed by atoms with E-state index in [0.29, 0.717) is 0 Å². The number of ketones is 1. The van der Waals surface area contributed by atoms with Gasteiger partial charge in [0.25, 0.3) is 0 Å². The quantitative estimate of drug-likeness (QED) is 0.307. The molecule has 33 heavy (non-hydrogen) atoms. The highest BCUT2D eigenvalue weighted by atomic mass is 16.1. The number of benzene rings is 5. The Kier molecular flexibility index (Phi) is 4.66. The molecule has 5 aromatic rings. The molecule has 5 aromatic carbocycles. The summed E-state index contributed by atoms with van der Waals surface area (Å²) in [7, 11) is 0. The van der Waals surface area contributed by atoms with Crippen LogP contribution in [0.4, 0.5) is 22.7 Å². The number of nitrogens with one attached hydrogen (secondary N) is 2. The Morgan fingerprint density at radius 2 is 1.18 bits per heavy atom. The molecule has 0 unspecified atom stereocenters. The number of hydrogen-bond acceptors (Lipinski definition) is 3. The molecule has 3 heteroatoms. The molecule has 0 bridgehead atoms. The highest BCUT2D eigenvalue weighted by Gasteiger charge is 2.25. The largest absolute Gasteiger partial charge is 0.356 e. The van der Waals surface area contributed by atoms with Gasteiger partial charge in [-0.25, -0.2) is 0 Å². The molecule has 158 valence electrons. The average molecular weight is 427 g/mol. The van der Waals surface area contributed by atoms with Crippen molar-refractivity contribution >= 4 is 39.3 Å². The summed E-state index contributed by atoms with van der Waals surface area (Å²) in [6.07, 6.45) is 0.751. The van der Waals surface area contributed by atoms with E-state index in [1.165, 1.54) is 0 Å². The van der Waals surface area contributed by atoms with E-state index >= 15 is 0 Å². The molecular weight excluding hydrogens is 404 g/mol. The van der Waals surface area contributed by atoms with Crippen molar-refractivity contribution in [2.45, 2.75) is 6.42 Å². The van der Waals surface area contributed by atoms with E-state index in [1.54, 1.807) is 0 Å². The molecule has 0 fully saturated rings. The average Bonchev–Trinajstić information content (AvgIpc) is 2.85. The molecular formula is C30H22N2O. The van der Waals surface area contributed by atoms with Crippen molar-refractivity contribution in [3.63, 3.8) is 0 Å². The van der Waals surface area contributed by atoms with Crippen LogP contribution in [0.2, 0.25) is 0 Å². The number of carbonyl (C=O) groups is 1. The maximum Gasteiger partial charge on any atom is 0.194 e. The van der Waals surface area contributed by atoms with Crippen LogP contribution in [-0.2, 0) is 6.42 Å². The Morgan fingerprint density at radius 3 is 1.88 bits per heavy atom. The van der Waals surface area contributed by atoms with Gasteiger partial charge in [0.15, 0.2) is 5.78 Å². The zero-order chi connectivity index (χ0) is 22.2. The molecule has 6 rings (SSSR count). The van der Waals surface area contributed by atoms with Crippen molar-refractivity contribution in [2.75, 3.05) is 10.6 Å². The van der Waals surface area contributed by atoms with Crippen molar-refractivity contribution in [1.82, 2.24) is 0 Å². The van der Waals surface area contributed by atoms with Crippen LogP contribution in [0.25, 0.3) is 10.8 Å². The number of fused-ring (bicyclic) bond motifs is 4. The van der Waals surface area contributed by atoms with E-state index in [1.807, 2.05) is 78.9 Å². The highest BCUT2D eigenvalue weighted by Crippen LogP contribution is 2.35. The molecule has 0 spiro atoms. The van der Waals surface area contributed by atoms with E-state index in [2.05, 4.69) is 41.0 Å². The second kappa shape index (κ2) is 7.95. The molecule has 3 nitrogen and oxygen atoms in total. The third-order valence-electron chi connectivity index (χ3n) is 6.19. The third kappa shape index (κ3) is 3.64. The molecule has 1 aliphatic carbocycles. The van der Waals surface area contributed by atoms with Crippen LogP contribution >= 0.6 is 0 Å². The summed E-state index contributed by atoms with van der Waals surface area (Å²) in [5.74, 6) is 0.104. The highest BCUT2D eigenvalue weighted by molar-refractivity contribution is 6.19. The molecule has 0 saturated carbocycles. The second-order valence-corrected chi connectivity index (χ2v) is 8.40. The van der Waals surface area contributed by atoms with E-state index in [9.17, 15) is 4.79 Å². The van der Waals surface area contributed by atoms with Crippen LogP contribution in [0, 0.1) is 0 Å². The molecule has 0 amide bonds. The maximum absolute atomic E-state index is 13.5. The first kappa shape index (κ1) is 19.3. The van der Waals surface area contributed by atoms with E-state index in [0.717, 1.165) is 62.2 Å². The lowest BCUT2D eigenvalue weighted by Gasteiger charge is -2.21. The number of hydrogen-bond donors (Lipinski definition) is 2. The van der Waals surface area contributed by atoms with Gasteiger partial charge in [-0.05, 0) is 82.9 Å². The smallest absolute Gasteiger partial charge is 0.194 e. The molecule has 0 aromatic heterocycles. The van der Waals surface area contributed by atoms with Crippen LogP contribution in [0.3, 0.4) is 0 Å². The molecule has 0 heterocycles. The fraction of sp³-hybridized carbons (Fsp3) is 0.0333. The minimum atomic E-state index is 0.104. The first-order valence-corrected chi connectivity index (χ1v) is 11.1. The minimum absolute atomic E-state index is 0.104. The van der Waals surface area contributed by atoms with Gasteiger partial charge in [-0.1, -0.05) is 54.6 Å². The van der Waals surface area contributed by atoms with Crippen LogP contribution < -0.4 is 10.6 Å². The molecule has 1 aliphatic rings. The van der Waals surface area contributed by atoms with Gasteiger partial charge in [-0.2, -0.15) is 0 Å². The minimum Gasteiger partial charge on any atom is -0.356 e. The zero-order valence-electron chi connectivity index (χ0n) is 18.0. The Bertz CT molecular complexity index is 1490. The number of rotatable bonds is 4. The molecule has 0 saturated heterocycles. The van der Waals surface area contributed by atoms with Crippen molar-refractivity contribution in [2.24, 2.45) is 0 Å². The first-order chi connectivity index (χ1) is 16.2. The summed E-state index contributed by atoms with van der Waals surface area (Å²) in [4.78, 5) is 13.5. The lowest BCUT2D eigenvalue weighted by atomic mass is 9.82. The van der Waals surface area contributed by atoms with Crippen LogP contribution in [0.5, 0.6) is 0 Å². The standard InChI is InChI=1S/C30H22N2O/c33-30-28-16-14-26(32-24-9-5-2-6-10-24)19-22(28)17-21-12-11-20-18-25(13-15-27(20)29(21)30)31-23-7-3-1-4-8-23/h1-16,18-19,31-32H,17H2. The zero-order valence-corrected chi connectivity index (χ0v) is 18.0. The summed E-state index contributed by atoms with van der Waals surface area (Å²) in [6, 6.07) is 36.7. The summed E-state index contributed by atoms with van der Waals surface area (Å²) < 4.78 is 0. The van der Waals surface area contributed by atoms with Gasteiger partial charge < -0.3 is 10.6 Å². The van der Waals surface area contributed by atoms with Crippen molar-refractivity contribution in [1.29, 1.82) is 0 Å². The second-order valence-electron chi connectivity index (χ2n) is 8.40. The summed E-state index contributed by atoms with van der Waals surface area (Å²) in [5.41, 5.74) is 7.85. The van der Waals surface area contributed by atoms with Crippen LogP contribution in [0.15, 0.2) is 109 Å². The fourth-order valence-corrected chi connectivity index (χ4v) is 4.62. The Balaban J connectivity index is 1.34.